The van der Waals surface area contributed by atoms with Crippen LogP contribution in [0.3, 0.4) is 0 Å². The molecule has 0 saturated carbocycles. The molecular formula is C20H26O. The molecule has 0 bridgehead atoms. The molecule has 0 saturated heterocycles. The van der Waals surface area contributed by atoms with Gasteiger partial charge in [0.1, 0.15) is 0 Å². The van der Waals surface area contributed by atoms with E-state index in [9.17, 15) is 0 Å². The Hall–Kier alpha value is -1.60. The number of hydrogen-bond acceptors (Lipinski definition) is 1. The van der Waals surface area contributed by atoms with Crippen molar-refractivity contribution in [2.24, 2.45) is 10.8 Å². The summed E-state index contributed by atoms with van der Waals surface area (Å²) in [4.78, 5) is 0. The summed E-state index contributed by atoms with van der Waals surface area (Å²) in [6.45, 7) is 2.41. The Balaban J connectivity index is 2.18. The van der Waals surface area contributed by atoms with E-state index in [4.69, 9.17) is 5.11 Å². The van der Waals surface area contributed by atoms with Gasteiger partial charge in [-0.1, -0.05) is 79.8 Å². The summed E-state index contributed by atoms with van der Waals surface area (Å²) in [7, 11) is 0. The minimum atomic E-state index is -0.115. The van der Waals surface area contributed by atoms with Gasteiger partial charge in [0.05, 0.1) is 0 Å². The molecule has 0 aromatic carbocycles. The minimum Gasteiger partial charge on any atom is -0.396 e. The average molecular weight is 282 g/mol. The summed E-state index contributed by atoms with van der Waals surface area (Å²) >= 11 is 0. The van der Waals surface area contributed by atoms with Crippen molar-refractivity contribution in [2.45, 2.75) is 32.6 Å². The van der Waals surface area contributed by atoms with Crippen molar-refractivity contribution in [2.75, 3.05) is 6.61 Å². The van der Waals surface area contributed by atoms with E-state index < -0.39 is 0 Å². The highest BCUT2D eigenvalue weighted by Gasteiger charge is 2.27. The van der Waals surface area contributed by atoms with Crippen molar-refractivity contribution in [3.63, 3.8) is 0 Å². The molecular weight excluding hydrogens is 256 g/mol. The van der Waals surface area contributed by atoms with Gasteiger partial charge in [0.2, 0.25) is 0 Å². The molecule has 1 N–H and O–H groups in total. The van der Waals surface area contributed by atoms with E-state index in [1.54, 1.807) is 0 Å². The highest BCUT2D eigenvalue weighted by atomic mass is 16.2. The largest absolute Gasteiger partial charge is 0.396 e. The van der Waals surface area contributed by atoms with Gasteiger partial charge in [-0.25, -0.2) is 0 Å². The number of allylic oxidation sites excluding steroid dienone is 12. The maximum Gasteiger partial charge on any atom is 0.0433 e. The second-order valence-corrected chi connectivity index (χ2v) is 5.79. The fourth-order valence-electron chi connectivity index (χ4n) is 2.69. The first kappa shape index (κ1) is 15.8. The van der Waals surface area contributed by atoms with Crippen LogP contribution in [-0.4, -0.2) is 11.7 Å². The lowest BCUT2D eigenvalue weighted by atomic mass is 9.73. The number of rotatable bonds is 6. The van der Waals surface area contributed by atoms with Crippen molar-refractivity contribution in [1.82, 2.24) is 0 Å². The molecule has 0 amide bonds. The van der Waals surface area contributed by atoms with Gasteiger partial charge in [-0.05, 0) is 25.7 Å². The van der Waals surface area contributed by atoms with Gasteiger partial charge < -0.3 is 5.11 Å². The van der Waals surface area contributed by atoms with Crippen LogP contribution in [0.4, 0.5) is 0 Å². The number of hydrogen-bond donors (Lipinski definition) is 1. The molecule has 0 fully saturated rings. The van der Waals surface area contributed by atoms with Crippen LogP contribution in [-0.2, 0) is 0 Å². The Morgan fingerprint density at radius 1 is 0.952 bits per heavy atom. The van der Waals surface area contributed by atoms with Crippen LogP contribution in [0.25, 0.3) is 0 Å². The van der Waals surface area contributed by atoms with E-state index in [-0.39, 0.29) is 17.4 Å². The van der Waals surface area contributed by atoms with Crippen molar-refractivity contribution in [1.29, 1.82) is 0 Å². The van der Waals surface area contributed by atoms with Crippen LogP contribution in [0.2, 0.25) is 0 Å². The predicted octanol–water partition coefficient (Wildman–Crippen LogP) is 4.90. The van der Waals surface area contributed by atoms with E-state index in [0.29, 0.717) is 0 Å². The maximum atomic E-state index is 8.88. The Bertz CT molecular complexity index is 472. The van der Waals surface area contributed by atoms with Crippen LogP contribution in [0, 0.1) is 10.8 Å². The molecule has 0 radical (unpaired) electrons. The standard InChI is InChI=1S/C20H26O/c1-2-3-10-19(13-8-5-9-18-21)14-16-20(17-15-19)11-6-4-7-12-20/h3,6-8,10-17,21H,2,4-5,9,18H2,1H3/b10-3-,13-8-. The Labute approximate surface area is 128 Å². The average Bonchev–Trinajstić information content (AvgIpc) is 2.53. The number of aliphatic hydroxyl groups excluding tert-OH is 1. The SMILES string of the molecule is CC/C=C\C1(/C=C\CCCO)C=CC2(C=CCC=C2)C=C1. The molecule has 0 atom stereocenters. The molecule has 0 aromatic rings. The topological polar surface area (TPSA) is 20.2 Å². The third-order valence-electron chi connectivity index (χ3n) is 3.98. The van der Waals surface area contributed by atoms with Gasteiger partial charge in [0.15, 0.2) is 0 Å². The molecule has 0 unspecified atom stereocenters. The summed E-state index contributed by atoms with van der Waals surface area (Å²) in [5.74, 6) is 0. The van der Waals surface area contributed by atoms with Crippen LogP contribution < -0.4 is 0 Å². The third-order valence-corrected chi connectivity index (χ3v) is 3.98. The number of unbranched alkanes of at least 4 members (excludes halogenated alkanes) is 1. The zero-order valence-electron chi connectivity index (χ0n) is 12.9. The minimum absolute atomic E-state index is 0.0270. The highest BCUT2D eigenvalue weighted by molar-refractivity contribution is 5.43. The van der Waals surface area contributed by atoms with Crippen molar-refractivity contribution < 1.29 is 5.11 Å². The van der Waals surface area contributed by atoms with Crippen LogP contribution in [0.15, 0.2) is 72.9 Å². The molecule has 1 spiro atoms. The monoisotopic (exact) mass is 282 g/mol. The lowest BCUT2D eigenvalue weighted by Crippen LogP contribution is -2.19. The Morgan fingerprint density at radius 3 is 2.24 bits per heavy atom. The Kier molecular flexibility index (Phi) is 5.58. The molecule has 0 heterocycles. The first-order chi connectivity index (χ1) is 10.2. The fraction of sp³-hybridized carbons (Fsp3) is 0.400. The summed E-state index contributed by atoms with van der Waals surface area (Å²) in [5.41, 5.74) is -0.142. The van der Waals surface area contributed by atoms with Gasteiger partial charge in [-0.3, -0.25) is 0 Å². The number of aliphatic hydroxyl groups is 1. The van der Waals surface area contributed by atoms with Crippen LogP contribution >= 0.6 is 0 Å². The summed E-state index contributed by atoms with van der Waals surface area (Å²) in [6, 6.07) is 0. The van der Waals surface area contributed by atoms with Gasteiger partial charge in [0, 0.05) is 17.4 Å². The molecule has 2 rings (SSSR count). The zero-order valence-corrected chi connectivity index (χ0v) is 12.9. The predicted molar refractivity (Wildman–Crippen MR) is 90.9 cm³/mol. The molecule has 112 valence electrons. The highest BCUT2D eigenvalue weighted by Crippen LogP contribution is 2.39. The second kappa shape index (κ2) is 7.42. The molecule has 21 heavy (non-hydrogen) atoms. The van der Waals surface area contributed by atoms with E-state index in [1.807, 2.05) is 0 Å². The second-order valence-electron chi connectivity index (χ2n) is 5.79. The smallest absolute Gasteiger partial charge is 0.0433 e. The van der Waals surface area contributed by atoms with Crippen molar-refractivity contribution in [3.8, 4) is 0 Å². The third kappa shape index (κ3) is 4.18. The molecule has 0 aliphatic heterocycles. The Morgan fingerprint density at radius 2 is 1.62 bits per heavy atom. The van der Waals surface area contributed by atoms with E-state index in [1.165, 1.54) is 0 Å². The first-order valence-electron chi connectivity index (χ1n) is 7.97. The van der Waals surface area contributed by atoms with Gasteiger partial charge in [-0.15, -0.1) is 0 Å². The fourth-order valence-corrected chi connectivity index (χ4v) is 2.69. The molecule has 1 heteroatoms. The lowest BCUT2D eigenvalue weighted by molar-refractivity contribution is 0.289. The van der Waals surface area contributed by atoms with Crippen molar-refractivity contribution >= 4 is 0 Å². The zero-order chi connectivity index (χ0) is 15.0. The van der Waals surface area contributed by atoms with Gasteiger partial charge >= 0.3 is 0 Å². The normalized spacial score (nSPS) is 22.0. The lowest BCUT2D eigenvalue weighted by Gasteiger charge is -2.31. The molecule has 1 nitrogen and oxygen atoms in total. The van der Waals surface area contributed by atoms with Gasteiger partial charge in [0.25, 0.3) is 0 Å². The molecule has 0 aromatic heterocycles. The van der Waals surface area contributed by atoms with Gasteiger partial charge in [-0.2, -0.15) is 0 Å². The quantitative estimate of drug-likeness (QED) is 0.543. The van der Waals surface area contributed by atoms with E-state index in [2.05, 4.69) is 79.8 Å². The molecule has 2 aliphatic rings. The first-order valence-corrected chi connectivity index (χ1v) is 7.97. The maximum absolute atomic E-state index is 8.88. The van der Waals surface area contributed by atoms with Crippen molar-refractivity contribution in [3.05, 3.63) is 72.9 Å². The van der Waals surface area contributed by atoms with E-state index >= 15 is 0 Å². The van der Waals surface area contributed by atoms with Crippen LogP contribution in [0.1, 0.15) is 32.6 Å². The van der Waals surface area contributed by atoms with Crippen LogP contribution in [0.5, 0.6) is 0 Å². The van der Waals surface area contributed by atoms with E-state index in [0.717, 1.165) is 25.7 Å². The summed E-state index contributed by atoms with van der Waals surface area (Å²) < 4.78 is 0. The molecule has 2 aliphatic carbocycles. The summed E-state index contributed by atoms with van der Waals surface area (Å²) in [6.07, 6.45) is 30.8. The summed E-state index contributed by atoms with van der Waals surface area (Å²) in [5, 5.41) is 8.88.